The molecule has 1 aliphatic heterocycles. The van der Waals surface area contributed by atoms with E-state index in [1.807, 2.05) is 12.4 Å². The van der Waals surface area contributed by atoms with Crippen LogP contribution in [0.25, 0.3) is 0 Å². The molecule has 1 N–H and O–H groups in total. The van der Waals surface area contributed by atoms with Gasteiger partial charge in [-0.1, -0.05) is 12.8 Å². The molecule has 0 saturated carbocycles. The molecule has 2 heterocycles. The zero-order chi connectivity index (χ0) is 9.64. The van der Waals surface area contributed by atoms with Crippen molar-refractivity contribution in [1.29, 1.82) is 0 Å². The lowest BCUT2D eigenvalue weighted by atomic mass is 10.0. The highest BCUT2D eigenvalue weighted by atomic mass is 14.9. The van der Waals surface area contributed by atoms with Crippen molar-refractivity contribution in [2.24, 2.45) is 0 Å². The van der Waals surface area contributed by atoms with Crippen LogP contribution in [0, 0.1) is 0 Å². The summed E-state index contributed by atoms with van der Waals surface area (Å²) in [4.78, 5) is 4.04. The van der Waals surface area contributed by atoms with Gasteiger partial charge in [0.1, 0.15) is 0 Å². The van der Waals surface area contributed by atoms with Crippen molar-refractivity contribution in [3.05, 3.63) is 30.1 Å². The minimum Gasteiger partial charge on any atom is -0.314 e. The van der Waals surface area contributed by atoms with Gasteiger partial charge in [0, 0.05) is 18.4 Å². The highest BCUT2D eigenvalue weighted by Crippen LogP contribution is 2.12. The summed E-state index contributed by atoms with van der Waals surface area (Å²) in [5.41, 5.74) is 1.40. The summed E-state index contributed by atoms with van der Waals surface area (Å²) in [6, 6.07) is 4.92. The van der Waals surface area contributed by atoms with E-state index >= 15 is 0 Å². The van der Waals surface area contributed by atoms with Gasteiger partial charge in [-0.3, -0.25) is 4.98 Å². The molecule has 1 atom stereocenters. The van der Waals surface area contributed by atoms with Gasteiger partial charge in [-0.15, -0.1) is 0 Å². The molecular formula is C12H18N2. The smallest absolute Gasteiger partial charge is 0.0270 e. The van der Waals surface area contributed by atoms with Gasteiger partial charge in [0.25, 0.3) is 0 Å². The van der Waals surface area contributed by atoms with Gasteiger partial charge in [0.2, 0.25) is 0 Å². The quantitative estimate of drug-likeness (QED) is 0.773. The third kappa shape index (κ3) is 2.81. The maximum absolute atomic E-state index is 4.04. The van der Waals surface area contributed by atoms with Crippen LogP contribution >= 0.6 is 0 Å². The summed E-state index contributed by atoms with van der Waals surface area (Å²) in [6.07, 6.45) is 10.3. The fourth-order valence-corrected chi connectivity index (χ4v) is 2.08. The minimum atomic E-state index is 0.680. The van der Waals surface area contributed by atoms with Crippen molar-refractivity contribution in [2.75, 3.05) is 6.54 Å². The van der Waals surface area contributed by atoms with Gasteiger partial charge in [0.05, 0.1) is 0 Å². The molecule has 1 aromatic heterocycles. The predicted octanol–water partition coefficient (Wildman–Crippen LogP) is 2.16. The molecule has 1 fully saturated rings. The SMILES string of the molecule is c1cc(CC2CCCCCN2)ccn1. The van der Waals surface area contributed by atoms with Gasteiger partial charge in [-0.2, -0.15) is 0 Å². The van der Waals surface area contributed by atoms with E-state index in [4.69, 9.17) is 0 Å². The van der Waals surface area contributed by atoms with Crippen LogP contribution in [0.2, 0.25) is 0 Å². The highest BCUT2D eigenvalue weighted by molar-refractivity contribution is 5.11. The number of rotatable bonds is 2. The van der Waals surface area contributed by atoms with E-state index in [1.165, 1.54) is 37.8 Å². The highest BCUT2D eigenvalue weighted by Gasteiger charge is 2.11. The fourth-order valence-electron chi connectivity index (χ4n) is 2.08. The Morgan fingerprint density at radius 3 is 2.93 bits per heavy atom. The van der Waals surface area contributed by atoms with E-state index in [2.05, 4.69) is 22.4 Å². The first-order valence-corrected chi connectivity index (χ1v) is 5.57. The maximum atomic E-state index is 4.04. The fraction of sp³-hybridized carbons (Fsp3) is 0.583. The number of pyridine rings is 1. The van der Waals surface area contributed by atoms with Crippen LogP contribution in [-0.2, 0) is 6.42 Å². The van der Waals surface area contributed by atoms with Crippen molar-refractivity contribution in [1.82, 2.24) is 10.3 Å². The largest absolute Gasteiger partial charge is 0.314 e. The van der Waals surface area contributed by atoms with Crippen LogP contribution < -0.4 is 5.32 Å². The van der Waals surface area contributed by atoms with Crippen molar-refractivity contribution in [3.8, 4) is 0 Å². The Hall–Kier alpha value is -0.890. The standard InChI is InChI=1S/C12H18N2/c1-2-4-12(14-7-3-1)10-11-5-8-13-9-6-11/h5-6,8-9,12,14H,1-4,7,10H2. The van der Waals surface area contributed by atoms with Crippen LogP contribution in [0.4, 0.5) is 0 Å². The van der Waals surface area contributed by atoms with Crippen molar-refractivity contribution in [3.63, 3.8) is 0 Å². The minimum absolute atomic E-state index is 0.680. The lowest BCUT2D eigenvalue weighted by Gasteiger charge is -2.15. The van der Waals surface area contributed by atoms with Crippen molar-refractivity contribution < 1.29 is 0 Å². The Kier molecular flexibility index (Phi) is 3.52. The van der Waals surface area contributed by atoms with Crippen LogP contribution in [0.3, 0.4) is 0 Å². The van der Waals surface area contributed by atoms with Crippen molar-refractivity contribution in [2.45, 2.75) is 38.1 Å². The molecule has 1 saturated heterocycles. The molecule has 0 aromatic carbocycles. The monoisotopic (exact) mass is 190 g/mol. The summed E-state index contributed by atoms with van der Waals surface area (Å²) in [5, 5.41) is 3.61. The Bertz CT molecular complexity index is 250. The van der Waals surface area contributed by atoms with Crippen LogP contribution in [-0.4, -0.2) is 17.6 Å². The summed E-state index contributed by atoms with van der Waals surface area (Å²) in [7, 11) is 0. The summed E-state index contributed by atoms with van der Waals surface area (Å²) in [5.74, 6) is 0. The second-order valence-corrected chi connectivity index (χ2v) is 4.06. The zero-order valence-electron chi connectivity index (χ0n) is 8.58. The number of nitrogens with one attached hydrogen (secondary N) is 1. The van der Waals surface area contributed by atoms with E-state index in [0.29, 0.717) is 6.04 Å². The number of hydrogen-bond donors (Lipinski definition) is 1. The van der Waals surface area contributed by atoms with Crippen LogP contribution in [0.5, 0.6) is 0 Å². The van der Waals surface area contributed by atoms with Crippen LogP contribution in [0.15, 0.2) is 24.5 Å². The Morgan fingerprint density at radius 1 is 1.21 bits per heavy atom. The van der Waals surface area contributed by atoms with Gasteiger partial charge in [0.15, 0.2) is 0 Å². The molecular weight excluding hydrogens is 172 g/mol. The van der Waals surface area contributed by atoms with Gasteiger partial charge in [-0.25, -0.2) is 0 Å². The Labute approximate surface area is 85.7 Å². The third-order valence-electron chi connectivity index (χ3n) is 2.89. The number of nitrogens with zero attached hydrogens (tertiary/aromatic N) is 1. The first kappa shape index (κ1) is 9.66. The van der Waals surface area contributed by atoms with E-state index < -0.39 is 0 Å². The molecule has 0 bridgehead atoms. The molecule has 2 nitrogen and oxygen atoms in total. The lowest BCUT2D eigenvalue weighted by Crippen LogP contribution is -2.30. The van der Waals surface area contributed by atoms with Gasteiger partial charge in [-0.05, 0) is 43.5 Å². The summed E-state index contributed by atoms with van der Waals surface area (Å²) in [6.45, 7) is 1.19. The lowest BCUT2D eigenvalue weighted by molar-refractivity contribution is 0.507. The van der Waals surface area contributed by atoms with Crippen molar-refractivity contribution >= 4 is 0 Å². The van der Waals surface area contributed by atoms with E-state index in [9.17, 15) is 0 Å². The van der Waals surface area contributed by atoms with Gasteiger partial charge >= 0.3 is 0 Å². The summed E-state index contributed by atoms with van der Waals surface area (Å²) < 4.78 is 0. The van der Waals surface area contributed by atoms with Gasteiger partial charge < -0.3 is 5.32 Å². The third-order valence-corrected chi connectivity index (χ3v) is 2.89. The first-order valence-electron chi connectivity index (χ1n) is 5.57. The Morgan fingerprint density at radius 2 is 2.07 bits per heavy atom. The maximum Gasteiger partial charge on any atom is 0.0270 e. The first-order chi connectivity index (χ1) is 6.95. The van der Waals surface area contributed by atoms with E-state index in [-0.39, 0.29) is 0 Å². The second kappa shape index (κ2) is 5.11. The molecule has 1 aliphatic rings. The average Bonchev–Trinajstić information content (AvgIpc) is 2.48. The molecule has 0 aliphatic carbocycles. The molecule has 0 amide bonds. The second-order valence-electron chi connectivity index (χ2n) is 4.06. The zero-order valence-corrected chi connectivity index (χ0v) is 8.58. The Balaban J connectivity index is 1.90. The topological polar surface area (TPSA) is 24.9 Å². The number of aromatic nitrogens is 1. The molecule has 2 heteroatoms. The predicted molar refractivity (Wildman–Crippen MR) is 58.2 cm³/mol. The molecule has 1 aromatic rings. The molecule has 76 valence electrons. The normalized spacial score (nSPS) is 23.0. The molecule has 0 radical (unpaired) electrons. The molecule has 1 unspecified atom stereocenters. The van der Waals surface area contributed by atoms with E-state index in [1.54, 1.807) is 0 Å². The summed E-state index contributed by atoms with van der Waals surface area (Å²) >= 11 is 0. The van der Waals surface area contributed by atoms with E-state index in [0.717, 1.165) is 6.42 Å². The molecule has 14 heavy (non-hydrogen) atoms. The molecule has 0 spiro atoms. The molecule has 2 rings (SSSR count). The van der Waals surface area contributed by atoms with Crippen LogP contribution in [0.1, 0.15) is 31.2 Å². The number of hydrogen-bond acceptors (Lipinski definition) is 2. The average molecular weight is 190 g/mol.